The number of carbonyl (C=O) groups excluding carboxylic acids is 2. The molecule has 0 aliphatic heterocycles. The van der Waals surface area contributed by atoms with Crippen LogP contribution in [0.3, 0.4) is 0 Å². The second-order valence-corrected chi connectivity index (χ2v) is 10.0. The summed E-state index contributed by atoms with van der Waals surface area (Å²) in [7, 11) is -3.81. The summed E-state index contributed by atoms with van der Waals surface area (Å²) in [4.78, 5) is 24.2. The third-order valence-electron chi connectivity index (χ3n) is 4.11. The number of Topliss-reactive ketones (excluding diaryl/α,β-unsaturated/α-hetero) is 1. The number of hydrogen-bond acceptors (Lipinski definition) is 6. The number of carbonyl (C=O) groups is 2. The van der Waals surface area contributed by atoms with Gasteiger partial charge in [-0.25, -0.2) is 13.2 Å². The number of ketones is 1. The number of nitrogens with one attached hydrogen (secondary N) is 1. The molecule has 2 rings (SSSR count). The van der Waals surface area contributed by atoms with Crippen LogP contribution < -0.4 is 10.1 Å². The molecule has 0 saturated heterocycles. The van der Waals surface area contributed by atoms with E-state index in [4.69, 9.17) is 9.47 Å². The molecule has 0 spiro atoms. The molecule has 2 aromatic carbocycles. The van der Waals surface area contributed by atoms with Gasteiger partial charge in [-0.15, -0.1) is 5.92 Å². The minimum absolute atomic E-state index is 0.0347. The van der Waals surface area contributed by atoms with Gasteiger partial charge < -0.3 is 14.8 Å². The zero-order chi connectivity index (χ0) is 23.8. The summed E-state index contributed by atoms with van der Waals surface area (Å²) in [5, 5.41) is 2.68. The predicted molar refractivity (Wildman–Crippen MR) is 121 cm³/mol. The molecular weight excluding hydrogens is 430 g/mol. The molecule has 0 atom stereocenters. The van der Waals surface area contributed by atoms with E-state index in [2.05, 4.69) is 17.2 Å². The van der Waals surface area contributed by atoms with Crippen molar-refractivity contribution in [1.29, 1.82) is 0 Å². The van der Waals surface area contributed by atoms with Crippen LogP contribution in [0.2, 0.25) is 0 Å². The number of amides is 1. The minimum Gasteiger partial charge on any atom is -0.481 e. The van der Waals surface area contributed by atoms with Crippen LogP contribution in [-0.2, 0) is 21.2 Å². The quantitative estimate of drug-likeness (QED) is 0.479. The first-order valence-electron chi connectivity index (χ1n) is 9.92. The van der Waals surface area contributed by atoms with E-state index in [1.54, 1.807) is 19.1 Å². The third-order valence-corrected chi connectivity index (χ3v) is 5.75. The van der Waals surface area contributed by atoms with Crippen LogP contribution in [-0.4, -0.2) is 38.2 Å². The SMILES string of the molecule is CC#CCOc1ccc(S(=O)(=O)CC(=O)c2ccc(COC(=O)NC(C)(C)C)cc2)cc1. The Morgan fingerprint density at radius 3 is 2.19 bits per heavy atom. The second-order valence-electron chi connectivity index (χ2n) is 8.02. The molecule has 0 unspecified atom stereocenters. The average molecular weight is 458 g/mol. The standard InChI is InChI=1S/C24H27NO6S/c1-5-6-15-30-20-11-13-21(14-12-20)32(28,29)17-22(26)19-9-7-18(8-10-19)16-31-23(27)25-24(2,3)4/h7-14H,15-17H2,1-4H3,(H,25,27). The Morgan fingerprint density at radius 2 is 1.62 bits per heavy atom. The Hall–Kier alpha value is -3.31. The van der Waals surface area contributed by atoms with Crippen LogP contribution in [0, 0.1) is 11.8 Å². The monoisotopic (exact) mass is 457 g/mol. The molecule has 2 aromatic rings. The summed E-state index contributed by atoms with van der Waals surface area (Å²) in [6.07, 6.45) is -0.543. The lowest BCUT2D eigenvalue weighted by Crippen LogP contribution is -2.40. The zero-order valence-electron chi connectivity index (χ0n) is 18.6. The van der Waals surface area contributed by atoms with E-state index in [1.165, 1.54) is 36.4 Å². The number of ether oxygens (including phenoxy) is 2. The Morgan fingerprint density at radius 1 is 1.00 bits per heavy atom. The van der Waals surface area contributed by atoms with Gasteiger partial charge in [0.05, 0.1) is 4.90 Å². The lowest BCUT2D eigenvalue weighted by atomic mass is 10.1. The molecule has 0 bridgehead atoms. The molecule has 32 heavy (non-hydrogen) atoms. The fourth-order valence-electron chi connectivity index (χ4n) is 2.55. The zero-order valence-corrected chi connectivity index (χ0v) is 19.4. The topological polar surface area (TPSA) is 98.8 Å². The second kappa shape index (κ2) is 10.8. The highest BCUT2D eigenvalue weighted by Gasteiger charge is 2.21. The number of alkyl carbamates (subject to hydrolysis) is 1. The first kappa shape index (κ1) is 25.0. The van der Waals surface area contributed by atoms with Gasteiger partial charge >= 0.3 is 6.09 Å². The van der Waals surface area contributed by atoms with Crippen LogP contribution in [0.4, 0.5) is 4.79 Å². The van der Waals surface area contributed by atoms with Gasteiger partial charge in [0.2, 0.25) is 0 Å². The summed E-state index contributed by atoms with van der Waals surface area (Å²) >= 11 is 0. The molecular formula is C24H27NO6S. The van der Waals surface area contributed by atoms with Gasteiger partial charge in [-0.05, 0) is 57.5 Å². The maximum absolute atomic E-state index is 12.6. The Balaban J connectivity index is 1.96. The third kappa shape index (κ3) is 8.08. The van der Waals surface area contributed by atoms with Crippen molar-refractivity contribution in [1.82, 2.24) is 5.32 Å². The van der Waals surface area contributed by atoms with Crippen molar-refractivity contribution in [3.05, 3.63) is 59.7 Å². The number of rotatable bonds is 8. The highest BCUT2D eigenvalue weighted by molar-refractivity contribution is 7.92. The Labute approximate surface area is 189 Å². The molecule has 7 nitrogen and oxygen atoms in total. The summed E-state index contributed by atoms with van der Waals surface area (Å²) in [5.74, 6) is 4.76. The van der Waals surface area contributed by atoms with Crippen molar-refractivity contribution >= 4 is 21.7 Å². The molecule has 8 heteroatoms. The number of sulfone groups is 1. The van der Waals surface area contributed by atoms with E-state index in [0.29, 0.717) is 11.3 Å². The molecule has 0 aromatic heterocycles. The molecule has 170 valence electrons. The first-order valence-corrected chi connectivity index (χ1v) is 11.6. The minimum atomic E-state index is -3.81. The number of hydrogen-bond donors (Lipinski definition) is 1. The smallest absolute Gasteiger partial charge is 0.407 e. The largest absolute Gasteiger partial charge is 0.481 e. The Bertz CT molecular complexity index is 1100. The van der Waals surface area contributed by atoms with E-state index in [1.807, 2.05) is 20.8 Å². The maximum Gasteiger partial charge on any atom is 0.407 e. The van der Waals surface area contributed by atoms with E-state index >= 15 is 0 Å². The summed E-state index contributed by atoms with van der Waals surface area (Å²) in [6, 6.07) is 12.1. The molecule has 0 fully saturated rings. The van der Waals surface area contributed by atoms with Crippen molar-refractivity contribution in [3.63, 3.8) is 0 Å². The number of benzene rings is 2. The first-order chi connectivity index (χ1) is 15.0. The molecule has 0 heterocycles. The fourth-order valence-corrected chi connectivity index (χ4v) is 3.78. The van der Waals surface area contributed by atoms with Crippen molar-refractivity contribution in [3.8, 4) is 17.6 Å². The normalized spacial score (nSPS) is 11.1. The van der Waals surface area contributed by atoms with E-state index < -0.39 is 33.0 Å². The van der Waals surface area contributed by atoms with Crippen LogP contribution in [0.5, 0.6) is 5.75 Å². The summed E-state index contributed by atoms with van der Waals surface area (Å²) in [6.45, 7) is 7.47. The average Bonchev–Trinajstić information content (AvgIpc) is 2.72. The molecule has 1 N–H and O–H groups in total. The molecule has 0 saturated carbocycles. The van der Waals surface area contributed by atoms with Crippen LogP contribution in [0.15, 0.2) is 53.4 Å². The van der Waals surface area contributed by atoms with Gasteiger partial charge in [0.15, 0.2) is 15.6 Å². The lowest BCUT2D eigenvalue weighted by Gasteiger charge is -2.19. The van der Waals surface area contributed by atoms with Crippen molar-refractivity contribution in [2.24, 2.45) is 0 Å². The molecule has 0 radical (unpaired) electrons. The summed E-state index contributed by atoms with van der Waals surface area (Å²) < 4.78 is 35.7. The fraction of sp³-hybridized carbons (Fsp3) is 0.333. The van der Waals surface area contributed by atoms with Gasteiger partial charge in [0, 0.05) is 11.1 Å². The van der Waals surface area contributed by atoms with Crippen LogP contribution in [0.25, 0.3) is 0 Å². The van der Waals surface area contributed by atoms with Crippen molar-refractivity contribution in [2.45, 2.75) is 44.7 Å². The van der Waals surface area contributed by atoms with E-state index in [0.717, 1.165) is 0 Å². The maximum atomic E-state index is 12.6. The lowest BCUT2D eigenvalue weighted by molar-refractivity contribution is 0.102. The predicted octanol–water partition coefficient (Wildman–Crippen LogP) is 3.77. The van der Waals surface area contributed by atoms with E-state index in [-0.39, 0.29) is 23.7 Å². The van der Waals surface area contributed by atoms with Gasteiger partial charge in [0.1, 0.15) is 24.7 Å². The summed E-state index contributed by atoms with van der Waals surface area (Å²) in [5.41, 5.74) is 0.530. The van der Waals surface area contributed by atoms with Gasteiger partial charge in [-0.1, -0.05) is 30.2 Å². The van der Waals surface area contributed by atoms with Crippen molar-refractivity contribution in [2.75, 3.05) is 12.4 Å². The van der Waals surface area contributed by atoms with Gasteiger partial charge in [0.25, 0.3) is 0 Å². The molecule has 0 aliphatic carbocycles. The van der Waals surface area contributed by atoms with Gasteiger partial charge in [-0.2, -0.15) is 0 Å². The van der Waals surface area contributed by atoms with Crippen molar-refractivity contribution < 1.29 is 27.5 Å². The van der Waals surface area contributed by atoms with Crippen LogP contribution in [0.1, 0.15) is 43.6 Å². The molecule has 0 aliphatic rings. The molecule has 1 amide bonds. The van der Waals surface area contributed by atoms with Gasteiger partial charge in [-0.3, -0.25) is 4.79 Å². The van der Waals surface area contributed by atoms with E-state index in [9.17, 15) is 18.0 Å². The highest BCUT2D eigenvalue weighted by Crippen LogP contribution is 2.18. The van der Waals surface area contributed by atoms with Crippen LogP contribution >= 0.6 is 0 Å². The Kier molecular flexibility index (Phi) is 8.44. The highest BCUT2D eigenvalue weighted by atomic mass is 32.2.